The molecule has 0 unspecified atom stereocenters. The first kappa shape index (κ1) is 17.5. The second-order valence-electron chi connectivity index (χ2n) is 5.88. The topological polar surface area (TPSA) is 26.3 Å². The zero-order valence-corrected chi connectivity index (χ0v) is 15.8. The molecular weight excluding hydrogens is 375 g/mol. The van der Waals surface area contributed by atoms with Crippen LogP contribution in [-0.2, 0) is 4.65 Å². The largest absolute Gasteiger partial charge is 0.564 e. The molecule has 3 aromatic carbocycles. The molecule has 0 aliphatic rings. The number of carbonyl (C=O) groups excluding carboxylic acids is 1. The molecule has 4 heteroatoms. The van der Waals surface area contributed by atoms with Gasteiger partial charge in [-0.1, -0.05) is 58.6 Å². The summed E-state index contributed by atoms with van der Waals surface area (Å²) in [5.41, 5.74) is 2.77. The number of allylic oxidation sites excluding steroid dienone is 1. The summed E-state index contributed by atoms with van der Waals surface area (Å²) < 4.78 is 6.69. The Morgan fingerprint density at radius 2 is 1.60 bits per heavy atom. The molecule has 0 N–H and O–H groups in total. The van der Waals surface area contributed by atoms with Crippen LogP contribution in [0.25, 0.3) is 16.5 Å². The highest BCUT2D eigenvalue weighted by Crippen LogP contribution is 2.24. The smallest absolute Gasteiger partial charge is 0.336 e. The quantitative estimate of drug-likeness (QED) is 0.246. The zero-order chi connectivity index (χ0) is 17.8. The SMILES string of the molecule is CBO/C(=C\C(=O)c1ccc(Br)cc1)c1ccc2cc(C)ccc2c1. The van der Waals surface area contributed by atoms with Crippen molar-refractivity contribution in [1.29, 1.82) is 0 Å². The highest BCUT2D eigenvalue weighted by atomic mass is 79.9. The first-order chi connectivity index (χ1) is 12.1. The molecule has 0 radical (unpaired) electrons. The normalized spacial score (nSPS) is 11.4. The summed E-state index contributed by atoms with van der Waals surface area (Å²) >= 11 is 3.38. The molecular formula is C21H18BBrO2. The third-order valence-electron chi connectivity index (χ3n) is 3.97. The van der Waals surface area contributed by atoms with Gasteiger partial charge in [-0.05, 0) is 48.0 Å². The van der Waals surface area contributed by atoms with Gasteiger partial charge in [0.1, 0.15) is 5.76 Å². The standard InChI is InChI=1S/C21H18BBrO2/c1-14-3-4-17-12-18(6-5-16(17)11-14)21(25-22-2)13-20(24)15-7-9-19(23)10-8-15/h3-13,22H,1-2H3/b21-13-. The predicted molar refractivity (Wildman–Crippen MR) is 109 cm³/mol. The van der Waals surface area contributed by atoms with Crippen LogP contribution in [-0.4, -0.2) is 13.3 Å². The van der Waals surface area contributed by atoms with Crippen LogP contribution >= 0.6 is 15.9 Å². The highest BCUT2D eigenvalue weighted by molar-refractivity contribution is 9.10. The summed E-state index contributed by atoms with van der Waals surface area (Å²) in [5.74, 6) is 0.526. The molecule has 0 amide bonds. The van der Waals surface area contributed by atoms with Gasteiger partial charge in [0.15, 0.2) is 5.78 Å². The van der Waals surface area contributed by atoms with Crippen LogP contribution in [0.4, 0.5) is 0 Å². The van der Waals surface area contributed by atoms with Crippen LogP contribution in [0, 0.1) is 6.92 Å². The van der Waals surface area contributed by atoms with E-state index in [1.807, 2.05) is 25.0 Å². The summed E-state index contributed by atoms with van der Waals surface area (Å²) in [6, 6.07) is 19.8. The summed E-state index contributed by atoms with van der Waals surface area (Å²) in [6.45, 7) is 4.00. The fraction of sp³-hybridized carbons (Fsp3) is 0.0952. The van der Waals surface area contributed by atoms with Gasteiger partial charge in [0, 0.05) is 21.7 Å². The number of rotatable bonds is 5. The molecule has 0 aliphatic heterocycles. The summed E-state index contributed by atoms with van der Waals surface area (Å²) in [7, 11) is 0.505. The molecule has 0 atom stereocenters. The molecule has 0 aliphatic carbocycles. The molecule has 3 aromatic rings. The Hall–Kier alpha value is -2.33. The first-order valence-electron chi connectivity index (χ1n) is 8.22. The zero-order valence-electron chi connectivity index (χ0n) is 14.3. The van der Waals surface area contributed by atoms with Crippen molar-refractivity contribution in [3.63, 3.8) is 0 Å². The fourth-order valence-electron chi connectivity index (χ4n) is 2.70. The van der Waals surface area contributed by atoms with E-state index >= 15 is 0 Å². The third-order valence-corrected chi connectivity index (χ3v) is 4.50. The molecule has 124 valence electrons. The Balaban J connectivity index is 1.98. The molecule has 0 aromatic heterocycles. The molecule has 3 rings (SSSR count). The minimum atomic E-state index is -0.0695. The third kappa shape index (κ3) is 4.20. The van der Waals surface area contributed by atoms with Crippen molar-refractivity contribution >= 4 is 45.7 Å². The lowest BCUT2D eigenvalue weighted by atomic mass is 10.0. The number of fused-ring (bicyclic) bond motifs is 1. The predicted octanol–water partition coefficient (Wildman–Crippen LogP) is 5.55. The lowest BCUT2D eigenvalue weighted by Gasteiger charge is -2.11. The van der Waals surface area contributed by atoms with Gasteiger partial charge in [-0.3, -0.25) is 4.79 Å². The van der Waals surface area contributed by atoms with E-state index in [1.54, 1.807) is 18.2 Å². The van der Waals surface area contributed by atoms with Gasteiger partial charge in [-0.15, -0.1) is 0 Å². The van der Waals surface area contributed by atoms with E-state index in [2.05, 4.69) is 53.2 Å². The molecule has 0 saturated carbocycles. The molecule has 0 heterocycles. The van der Waals surface area contributed by atoms with Gasteiger partial charge < -0.3 is 4.65 Å². The van der Waals surface area contributed by atoms with Crippen LogP contribution in [0.2, 0.25) is 6.82 Å². The van der Waals surface area contributed by atoms with Gasteiger partial charge >= 0.3 is 7.48 Å². The maximum Gasteiger partial charge on any atom is 0.336 e. The van der Waals surface area contributed by atoms with Gasteiger partial charge in [0.2, 0.25) is 0 Å². The highest BCUT2D eigenvalue weighted by Gasteiger charge is 2.09. The van der Waals surface area contributed by atoms with Crippen LogP contribution in [0.1, 0.15) is 21.5 Å². The number of hydrogen-bond donors (Lipinski definition) is 0. The lowest BCUT2D eigenvalue weighted by Crippen LogP contribution is -2.00. The Labute approximate surface area is 156 Å². The van der Waals surface area contributed by atoms with E-state index in [0.717, 1.165) is 15.4 Å². The van der Waals surface area contributed by atoms with Crippen molar-refractivity contribution < 1.29 is 9.45 Å². The Morgan fingerprint density at radius 1 is 0.960 bits per heavy atom. The van der Waals surface area contributed by atoms with E-state index in [9.17, 15) is 4.79 Å². The second-order valence-corrected chi connectivity index (χ2v) is 6.79. The number of carbonyl (C=O) groups is 1. The van der Waals surface area contributed by atoms with Crippen molar-refractivity contribution in [1.82, 2.24) is 0 Å². The van der Waals surface area contributed by atoms with E-state index in [-0.39, 0.29) is 5.78 Å². The van der Waals surface area contributed by atoms with E-state index in [0.29, 0.717) is 18.8 Å². The van der Waals surface area contributed by atoms with Gasteiger partial charge in [-0.2, -0.15) is 0 Å². The lowest BCUT2D eigenvalue weighted by molar-refractivity contribution is 0.104. The minimum absolute atomic E-state index is 0.0695. The van der Waals surface area contributed by atoms with Gasteiger partial charge in [-0.25, -0.2) is 0 Å². The Kier molecular flexibility index (Phi) is 5.39. The average Bonchev–Trinajstić information content (AvgIpc) is 2.61. The number of hydrogen-bond acceptors (Lipinski definition) is 2. The van der Waals surface area contributed by atoms with Crippen LogP contribution in [0.5, 0.6) is 0 Å². The monoisotopic (exact) mass is 392 g/mol. The molecule has 2 nitrogen and oxygen atoms in total. The van der Waals surface area contributed by atoms with Crippen molar-refractivity contribution in [3.05, 3.63) is 87.9 Å². The fourth-order valence-corrected chi connectivity index (χ4v) is 2.96. The Bertz CT molecular complexity index is 946. The minimum Gasteiger partial charge on any atom is -0.564 e. The molecule has 0 spiro atoms. The van der Waals surface area contributed by atoms with Crippen LogP contribution in [0.15, 0.2) is 71.2 Å². The first-order valence-corrected chi connectivity index (χ1v) is 9.01. The molecule has 0 bridgehead atoms. The number of ketones is 1. The molecule has 0 saturated heterocycles. The van der Waals surface area contributed by atoms with Crippen molar-refractivity contribution in [2.45, 2.75) is 13.7 Å². The van der Waals surface area contributed by atoms with Crippen LogP contribution in [0.3, 0.4) is 0 Å². The molecule has 0 fully saturated rings. The van der Waals surface area contributed by atoms with Crippen molar-refractivity contribution in [2.24, 2.45) is 0 Å². The van der Waals surface area contributed by atoms with Gasteiger partial charge in [0.05, 0.1) is 0 Å². The van der Waals surface area contributed by atoms with E-state index in [1.165, 1.54) is 10.9 Å². The van der Waals surface area contributed by atoms with Crippen molar-refractivity contribution in [2.75, 3.05) is 0 Å². The number of aryl methyl sites for hydroxylation is 1. The molecule has 25 heavy (non-hydrogen) atoms. The summed E-state index contributed by atoms with van der Waals surface area (Å²) in [6.07, 6.45) is 1.57. The van der Waals surface area contributed by atoms with E-state index in [4.69, 9.17) is 4.65 Å². The summed E-state index contributed by atoms with van der Waals surface area (Å²) in [5, 5.41) is 2.31. The van der Waals surface area contributed by atoms with Crippen molar-refractivity contribution in [3.8, 4) is 0 Å². The average molecular weight is 393 g/mol. The maximum absolute atomic E-state index is 12.6. The Morgan fingerprint density at radius 3 is 2.32 bits per heavy atom. The van der Waals surface area contributed by atoms with Gasteiger partial charge in [0.25, 0.3) is 0 Å². The second kappa shape index (κ2) is 7.71. The van der Waals surface area contributed by atoms with E-state index < -0.39 is 0 Å². The van der Waals surface area contributed by atoms with Crippen LogP contribution < -0.4 is 0 Å². The maximum atomic E-state index is 12.6. The summed E-state index contributed by atoms with van der Waals surface area (Å²) in [4.78, 5) is 12.6. The number of benzene rings is 3. The number of halogens is 1.